The lowest BCUT2D eigenvalue weighted by Crippen LogP contribution is -2.14. The van der Waals surface area contributed by atoms with Crippen LogP contribution in [0.1, 0.15) is 24.8 Å². The minimum Gasteiger partial charge on any atom is -0.328 e. The average molecular weight is 287 g/mol. The second-order valence-electron chi connectivity index (χ2n) is 4.95. The Morgan fingerprint density at radius 1 is 1.25 bits per heavy atom. The van der Waals surface area contributed by atoms with E-state index in [1.54, 1.807) is 11.3 Å². The first-order valence-electron chi connectivity index (χ1n) is 6.76. The normalized spacial score (nSPS) is 12.9. The van der Waals surface area contributed by atoms with Gasteiger partial charge in [0.2, 0.25) is 4.96 Å². The summed E-state index contributed by atoms with van der Waals surface area (Å²) in [4.78, 5) is 0.847. The van der Waals surface area contributed by atoms with Gasteiger partial charge in [-0.05, 0) is 19.8 Å². The van der Waals surface area contributed by atoms with E-state index in [-0.39, 0.29) is 6.04 Å². The summed E-state index contributed by atoms with van der Waals surface area (Å²) in [6, 6.07) is 10.3. The molecule has 0 radical (unpaired) electrons. The van der Waals surface area contributed by atoms with Crippen LogP contribution < -0.4 is 5.73 Å². The third kappa shape index (κ3) is 2.71. The highest BCUT2D eigenvalue weighted by Crippen LogP contribution is 2.22. The maximum absolute atomic E-state index is 5.77. The Labute approximate surface area is 121 Å². The van der Waals surface area contributed by atoms with Crippen LogP contribution in [0, 0.1) is 0 Å². The molecule has 1 unspecified atom stereocenters. The molecule has 0 bridgehead atoms. The lowest BCUT2D eigenvalue weighted by Gasteiger charge is -2.01. The molecule has 1 aromatic carbocycles. The molecule has 0 spiro atoms. The summed E-state index contributed by atoms with van der Waals surface area (Å²) in [5, 5.41) is 14.1. The topological polar surface area (TPSA) is 69.1 Å². The first kappa shape index (κ1) is 13.2. The van der Waals surface area contributed by atoms with Crippen LogP contribution in [0.5, 0.6) is 0 Å². The molecule has 5 nitrogen and oxygen atoms in total. The van der Waals surface area contributed by atoms with Crippen molar-refractivity contribution in [3.05, 3.63) is 35.3 Å². The number of aromatic nitrogens is 4. The van der Waals surface area contributed by atoms with Crippen LogP contribution >= 0.6 is 11.3 Å². The van der Waals surface area contributed by atoms with Gasteiger partial charge in [0.15, 0.2) is 5.82 Å². The molecule has 20 heavy (non-hydrogen) atoms. The second kappa shape index (κ2) is 5.68. The molecule has 0 aliphatic rings. The lowest BCUT2D eigenvalue weighted by molar-refractivity contribution is 0.620. The molecule has 0 amide bonds. The van der Waals surface area contributed by atoms with Crippen LogP contribution in [-0.4, -0.2) is 25.9 Å². The number of rotatable bonds is 5. The van der Waals surface area contributed by atoms with Crippen LogP contribution in [0.3, 0.4) is 0 Å². The third-order valence-corrected chi connectivity index (χ3v) is 4.07. The fraction of sp³-hybridized carbons (Fsp3) is 0.357. The minimum atomic E-state index is 0.251. The van der Waals surface area contributed by atoms with Crippen molar-refractivity contribution in [2.75, 3.05) is 0 Å². The Bertz CT molecular complexity index is 686. The van der Waals surface area contributed by atoms with Gasteiger partial charge in [0.1, 0.15) is 5.01 Å². The summed E-state index contributed by atoms with van der Waals surface area (Å²) < 4.78 is 1.83. The van der Waals surface area contributed by atoms with Gasteiger partial charge in [-0.1, -0.05) is 41.7 Å². The van der Waals surface area contributed by atoms with E-state index in [1.807, 2.05) is 41.8 Å². The van der Waals surface area contributed by atoms with Gasteiger partial charge >= 0.3 is 0 Å². The standard InChI is InChI=1S/C14H17N5S/c1-10(15)6-5-9-12-18-19-13(16-17-14(19)20-12)11-7-3-2-4-8-11/h2-4,7-8,10H,5-6,9,15H2,1H3. The molecule has 2 heterocycles. The summed E-state index contributed by atoms with van der Waals surface area (Å²) in [5.74, 6) is 0.801. The summed E-state index contributed by atoms with van der Waals surface area (Å²) in [6.07, 6.45) is 3.03. The van der Waals surface area contributed by atoms with Gasteiger partial charge in [-0.2, -0.15) is 9.61 Å². The van der Waals surface area contributed by atoms with Crippen LogP contribution in [0.4, 0.5) is 0 Å². The summed E-state index contributed by atoms with van der Waals surface area (Å²) >= 11 is 1.60. The Hall–Kier alpha value is -1.79. The van der Waals surface area contributed by atoms with Gasteiger partial charge in [0.05, 0.1) is 0 Å². The van der Waals surface area contributed by atoms with Crippen LogP contribution in [0.15, 0.2) is 30.3 Å². The summed E-state index contributed by atoms with van der Waals surface area (Å²) in [5.41, 5.74) is 6.80. The number of hydrogen-bond donors (Lipinski definition) is 1. The van der Waals surface area contributed by atoms with Gasteiger partial charge in [0, 0.05) is 18.0 Å². The smallest absolute Gasteiger partial charge is 0.234 e. The molecule has 6 heteroatoms. The van der Waals surface area contributed by atoms with Crippen LogP contribution in [0.25, 0.3) is 16.3 Å². The average Bonchev–Trinajstić information content (AvgIpc) is 2.99. The van der Waals surface area contributed by atoms with Crippen molar-refractivity contribution in [2.45, 2.75) is 32.2 Å². The van der Waals surface area contributed by atoms with Gasteiger partial charge in [-0.15, -0.1) is 10.2 Å². The maximum atomic E-state index is 5.77. The fourth-order valence-electron chi connectivity index (χ4n) is 2.10. The van der Waals surface area contributed by atoms with Gasteiger partial charge in [-0.25, -0.2) is 0 Å². The zero-order valence-electron chi connectivity index (χ0n) is 11.4. The molecule has 2 aromatic heterocycles. The fourth-order valence-corrected chi connectivity index (χ4v) is 2.98. The van der Waals surface area contributed by atoms with E-state index < -0.39 is 0 Å². The number of benzene rings is 1. The molecule has 1 atom stereocenters. The number of nitrogens with two attached hydrogens (primary N) is 1. The maximum Gasteiger partial charge on any atom is 0.234 e. The molecule has 0 aliphatic heterocycles. The molecule has 0 saturated carbocycles. The molecule has 0 fully saturated rings. The van der Waals surface area contributed by atoms with E-state index in [0.717, 1.165) is 40.6 Å². The van der Waals surface area contributed by atoms with Gasteiger partial charge in [-0.3, -0.25) is 0 Å². The van der Waals surface area contributed by atoms with Gasteiger partial charge in [0.25, 0.3) is 0 Å². The molecule has 3 aromatic rings. The van der Waals surface area contributed by atoms with Crippen molar-refractivity contribution in [2.24, 2.45) is 5.73 Å². The van der Waals surface area contributed by atoms with E-state index in [0.29, 0.717) is 0 Å². The van der Waals surface area contributed by atoms with Crippen molar-refractivity contribution < 1.29 is 0 Å². The second-order valence-corrected chi connectivity index (χ2v) is 5.99. The highest BCUT2D eigenvalue weighted by molar-refractivity contribution is 7.16. The molecule has 0 aliphatic carbocycles. The molecular formula is C14H17N5S. The molecular weight excluding hydrogens is 270 g/mol. The van der Waals surface area contributed by atoms with Crippen LogP contribution in [-0.2, 0) is 6.42 Å². The monoisotopic (exact) mass is 287 g/mol. The lowest BCUT2D eigenvalue weighted by atomic mass is 10.1. The summed E-state index contributed by atoms with van der Waals surface area (Å²) in [6.45, 7) is 2.03. The van der Waals surface area contributed by atoms with Crippen molar-refractivity contribution in [3.8, 4) is 11.4 Å². The third-order valence-electron chi connectivity index (χ3n) is 3.11. The van der Waals surface area contributed by atoms with Crippen molar-refractivity contribution >= 4 is 16.3 Å². The van der Waals surface area contributed by atoms with E-state index in [9.17, 15) is 0 Å². The molecule has 0 saturated heterocycles. The minimum absolute atomic E-state index is 0.251. The summed E-state index contributed by atoms with van der Waals surface area (Å²) in [7, 11) is 0. The van der Waals surface area contributed by atoms with E-state index in [1.165, 1.54) is 0 Å². The largest absolute Gasteiger partial charge is 0.328 e. The van der Waals surface area contributed by atoms with E-state index >= 15 is 0 Å². The quantitative estimate of drug-likeness (QED) is 0.783. The van der Waals surface area contributed by atoms with Crippen molar-refractivity contribution in [1.82, 2.24) is 19.8 Å². The molecule has 2 N–H and O–H groups in total. The van der Waals surface area contributed by atoms with Crippen molar-refractivity contribution in [3.63, 3.8) is 0 Å². The predicted octanol–water partition coefficient (Wildman–Crippen LogP) is 2.52. The number of nitrogens with zero attached hydrogens (tertiary/aromatic N) is 4. The highest BCUT2D eigenvalue weighted by Gasteiger charge is 2.12. The van der Waals surface area contributed by atoms with Crippen molar-refractivity contribution in [1.29, 1.82) is 0 Å². The van der Waals surface area contributed by atoms with E-state index in [2.05, 4.69) is 15.3 Å². The first-order chi connectivity index (χ1) is 9.74. The van der Waals surface area contributed by atoms with E-state index in [4.69, 9.17) is 5.73 Å². The Morgan fingerprint density at radius 3 is 2.80 bits per heavy atom. The number of aryl methyl sites for hydroxylation is 1. The SMILES string of the molecule is CC(N)CCCc1nn2c(-c3ccccc3)nnc2s1. The molecule has 3 rings (SSSR count). The first-order valence-corrected chi connectivity index (χ1v) is 7.58. The zero-order valence-corrected chi connectivity index (χ0v) is 12.2. The Morgan fingerprint density at radius 2 is 2.05 bits per heavy atom. The molecule has 104 valence electrons. The Kier molecular flexibility index (Phi) is 3.75. The Balaban J connectivity index is 1.84. The zero-order chi connectivity index (χ0) is 13.9. The predicted molar refractivity (Wildman–Crippen MR) is 80.7 cm³/mol. The number of hydrogen-bond acceptors (Lipinski definition) is 5. The number of fused-ring (bicyclic) bond motifs is 1. The van der Waals surface area contributed by atoms with Gasteiger partial charge < -0.3 is 5.73 Å². The van der Waals surface area contributed by atoms with Crippen LogP contribution in [0.2, 0.25) is 0 Å². The highest BCUT2D eigenvalue weighted by atomic mass is 32.1.